The second-order valence-corrected chi connectivity index (χ2v) is 7.75. The van der Waals surface area contributed by atoms with Crippen LogP contribution in [0.5, 0.6) is 0 Å². The van der Waals surface area contributed by atoms with E-state index in [2.05, 4.69) is 31.2 Å². The highest BCUT2D eigenvalue weighted by molar-refractivity contribution is 7.16. The molecule has 5 N–H and O–H groups in total. The zero-order chi connectivity index (χ0) is 19.7. The first kappa shape index (κ1) is 18.2. The van der Waals surface area contributed by atoms with E-state index in [4.69, 9.17) is 11.5 Å². The van der Waals surface area contributed by atoms with E-state index in [9.17, 15) is 5.26 Å². The Morgan fingerprint density at radius 3 is 2.75 bits per heavy atom. The summed E-state index contributed by atoms with van der Waals surface area (Å²) in [6, 6.07) is 11.9. The van der Waals surface area contributed by atoms with Crippen molar-refractivity contribution < 1.29 is 0 Å². The number of nitrogens with one attached hydrogen (secondary N) is 1. The van der Waals surface area contributed by atoms with Gasteiger partial charge in [-0.05, 0) is 31.0 Å². The fourth-order valence-electron chi connectivity index (χ4n) is 3.36. The van der Waals surface area contributed by atoms with Gasteiger partial charge in [0.25, 0.3) is 0 Å². The molecule has 0 fully saturated rings. The van der Waals surface area contributed by atoms with Crippen LogP contribution in [0, 0.1) is 11.3 Å². The minimum absolute atomic E-state index is 0.0522. The van der Waals surface area contributed by atoms with Crippen LogP contribution in [-0.4, -0.2) is 26.4 Å². The summed E-state index contributed by atoms with van der Waals surface area (Å²) in [7, 11) is 0. The molecule has 0 bridgehead atoms. The van der Waals surface area contributed by atoms with E-state index in [0.29, 0.717) is 28.9 Å². The summed E-state index contributed by atoms with van der Waals surface area (Å²) in [6.45, 7) is 3.56. The van der Waals surface area contributed by atoms with Gasteiger partial charge in [0.1, 0.15) is 11.1 Å². The summed E-state index contributed by atoms with van der Waals surface area (Å²) in [5.74, 6) is 1.21. The number of hydrogen-bond acceptors (Lipinski definition) is 9. The smallest absolute Gasteiger partial charge is 0.232 e. The molecule has 0 spiro atoms. The first-order valence-electron chi connectivity index (χ1n) is 8.93. The first-order chi connectivity index (χ1) is 13.5. The molecule has 142 valence electrons. The van der Waals surface area contributed by atoms with Crippen molar-refractivity contribution in [3.05, 3.63) is 52.2 Å². The number of hydrogen-bond donors (Lipinski definition) is 3. The molecule has 1 aliphatic heterocycles. The molecule has 1 aromatic carbocycles. The highest BCUT2D eigenvalue weighted by Gasteiger charge is 2.28. The highest BCUT2D eigenvalue weighted by atomic mass is 32.1. The van der Waals surface area contributed by atoms with Crippen LogP contribution in [-0.2, 0) is 13.0 Å². The predicted octanol–water partition coefficient (Wildman–Crippen LogP) is 2.83. The lowest BCUT2D eigenvalue weighted by molar-refractivity contribution is 0.187. The third-order valence-corrected chi connectivity index (χ3v) is 5.89. The summed E-state index contributed by atoms with van der Waals surface area (Å²) in [6.07, 6.45) is 0.784. The molecule has 9 heteroatoms. The van der Waals surface area contributed by atoms with Gasteiger partial charge in [-0.3, -0.25) is 4.90 Å². The lowest BCUT2D eigenvalue weighted by Crippen LogP contribution is -2.33. The summed E-state index contributed by atoms with van der Waals surface area (Å²) in [4.78, 5) is 16.5. The molecule has 0 aliphatic carbocycles. The number of nitrogens with two attached hydrogens (primary N) is 2. The molecule has 0 unspecified atom stereocenters. The van der Waals surface area contributed by atoms with Crippen LogP contribution in [0.4, 0.5) is 22.6 Å². The van der Waals surface area contributed by atoms with E-state index >= 15 is 0 Å². The van der Waals surface area contributed by atoms with Crippen molar-refractivity contribution in [3.63, 3.8) is 0 Å². The lowest BCUT2D eigenvalue weighted by Gasteiger charge is -2.31. The van der Waals surface area contributed by atoms with E-state index in [1.54, 1.807) is 0 Å². The lowest BCUT2D eigenvalue weighted by atomic mass is 10.0. The molecule has 8 nitrogen and oxygen atoms in total. The van der Waals surface area contributed by atoms with E-state index in [0.717, 1.165) is 29.1 Å². The minimum atomic E-state index is -0.0522. The maximum Gasteiger partial charge on any atom is 0.232 e. The number of nitrogen functional groups attached to an aromatic ring is 2. The normalized spacial score (nSPS) is 14.9. The molecule has 0 saturated carbocycles. The number of aromatic nitrogens is 3. The fourth-order valence-corrected chi connectivity index (χ4v) is 4.46. The van der Waals surface area contributed by atoms with Crippen LogP contribution in [0.2, 0.25) is 0 Å². The summed E-state index contributed by atoms with van der Waals surface area (Å²) < 4.78 is 0. The van der Waals surface area contributed by atoms with Gasteiger partial charge in [0.15, 0.2) is 5.82 Å². The van der Waals surface area contributed by atoms with Crippen molar-refractivity contribution in [2.24, 2.45) is 0 Å². The number of nitrogens with zero attached hydrogens (tertiary/aromatic N) is 5. The summed E-state index contributed by atoms with van der Waals surface area (Å²) >= 11 is 1.49. The Morgan fingerprint density at radius 1 is 1.21 bits per heavy atom. The molecule has 3 heterocycles. The molecular weight excluding hydrogens is 372 g/mol. The number of para-hydroxylation sites is 1. The van der Waals surface area contributed by atoms with Crippen LogP contribution in [0.15, 0.2) is 30.3 Å². The van der Waals surface area contributed by atoms with E-state index in [-0.39, 0.29) is 12.0 Å². The van der Waals surface area contributed by atoms with Crippen LogP contribution in [0.1, 0.15) is 34.8 Å². The molecule has 0 amide bonds. The minimum Gasteiger partial charge on any atom is -0.389 e. The topological polar surface area (TPSA) is 130 Å². The Bertz CT molecular complexity index is 1040. The molecule has 1 atom stereocenters. The molecule has 0 saturated heterocycles. The van der Waals surface area contributed by atoms with Crippen molar-refractivity contribution in [1.29, 1.82) is 5.26 Å². The summed E-state index contributed by atoms with van der Waals surface area (Å²) in [5.41, 5.74) is 14.5. The van der Waals surface area contributed by atoms with Crippen LogP contribution < -0.4 is 16.8 Å². The molecule has 1 aliphatic rings. The molecule has 4 rings (SSSR count). The zero-order valence-electron chi connectivity index (χ0n) is 15.4. The molecule has 28 heavy (non-hydrogen) atoms. The van der Waals surface area contributed by atoms with Gasteiger partial charge in [-0.15, -0.1) is 11.3 Å². The van der Waals surface area contributed by atoms with Gasteiger partial charge in [-0.1, -0.05) is 18.2 Å². The average molecular weight is 392 g/mol. The fraction of sp³-hybridized carbons (Fsp3) is 0.263. The Hall–Kier alpha value is -3.22. The Labute approximate surface area is 166 Å². The van der Waals surface area contributed by atoms with Crippen LogP contribution >= 0.6 is 11.3 Å². The molecule has 0 radical (unpaired) electrons. The van der Waals surface area contributed by atoms with E-state index in [1.165, 1.54) is 11.3 Å². The quantitative estimate of drug-likeness (QED) is 0.618. The van der Waals surface area contributed by atoms with Gasteiger partial charge in [0.2, 0.25) is 11.9 Å². The third-order valence-electron chi connectivity index (χ3n) is 4.85. The predicted molar refractivity (Wildman–Crippen MR) is 110 cm³/mol. The van der Waals surface area contributed by atoms with E-state index < -0.39 is 0 Å². The second-order valence-electron chi connectivity index (χ2n) is 6.62. The van der Waals surface area contributed by atoms with Crippen LogP contribution in [0.3, 0.4) is 0 Å². The van der Waals surface area contributed by atoms with Crippen molar-refractivity contribution >= 4 is 33.9 Å². The third kappa shape index (κ3) is 3.47. The van der Waals surface area contributed by atoms with Crippen LogP contribution in [0.25, 0.3) is 0 Å². The standard InChI is InChI=1S/C19H20N8S/c1-11(27-8-7-13-14(9-20)16(21)28-15(13)10-27)17-24-18(22)26-19(25-17)23-12-5-3-2-4-6-12/h2-6,11H,7-8,10,21H2,1H3,(H3,22,23,24,25,26)/t11-/m1/s1. The van der Waals surface area contributed by atoms with Gasteiger partial charge in [-0.25, -0.2) is 0 Å². The van der Waals surface area contributed by atoms with Gasteiger partial charge in [0, 0.05) is 23.7 Å². The Morgan fingerprint density at radius 2 is 2.00 bits per heavy atom. The Balaban J connectivity index is 1.56. The number of benzene rings is 1. The molecular formula is C19H20N8S. The van der Waals surface area contributed by atoms with Gasteiger partial charge >= 0.3 is 0 Å². The van der Waals surface area contributed by atoms with Crippen molar-refractivity contribution in [2.75, 3.05) is 23.3 Å². The van der Waals surface area contributed by atoms with Crippen molar-refractivity contribution in [3.8, 4) is 6.07 Å². The van der Waals surface area contributed by atoms with Crippen molar-refractivity contribution in [2.45, 2.75) is 25.9 Å². The van der Waals surface area contributed by atoms with Crippen molar-refractivity contribution in [1.82, 2.24) is 19.9 Å². The first-order valence-corrected chi connectivity index (χ1v) is 9.74. The monoisotopic (exact) mass is 392 g/mol. The van der Waals surface area contributed by atoms with Gasteiger partial charge in [-0.2, -0.15) is 20.2 Å². The number of rotatable bonds is 4. The number of fused-ring (bicyclic) bond motifs is 1. The van der Waals surface area contributed by atoms with E-state index in [1.807, 2.05) is 37.3 Å². The molecule has 3 aromatic rings. The maximum absolute atomic E-state index is 9.31. The molecule has 2 aromatic heterocycles. The number of thiophene rings is 1. The highest BCUT2D eigenvalue weighted by Crippen LogP contribution is 2.36. The number of anilines is 4. The zero-order valence-corrected chi connectivity index (χ0v) is 16.2. The largest absolute Gasteiger partial charge is 0.389 e. The SMILES string of the molecule is C[C@H](c1nc(N)nc(Nc2ccccc2)n1)N1CCc2c(sc(N)c2C#N)C1. The number of nitriles is 1. The second kappa shape index (κ2) is 7.42. The Kier molecular flexibility index (Phi) is 4.81. The van der Waals surface area contributed by atoms with Gasteiger partial charge in [0.05, 0.1) is 11.6 Å². The summed E-state index contributed by atoms with van der Waals surface area (Å²) in [5, 5.41) is 13.1. The maximum atomic E-state index is 9.31. The average Bonchev–Trinajstić information content (AvgIpc) is 3.01. The van der Waals surface area contributed by atoms with Gasteiger partial charge < -0.3 is 16.8 Å².